The maximum Gasteiger partial charge on any atom is 0.262 e. The van der Waals surface area contributed by atoms with Gasteiger partial charge in [0.05, 0.1) is 17.8 Å². The largest absolute Gasteiger partial charge is 0.333 e. The molecule has 28 heavy (non-hydrogen) atoms. The van der Waals surface area contributed by atoms with Crippen LogP contribution in [0.25, 0.3) is 10.2 Å². The van der Waals surface area contributed by atoms with Crippen molar-refractivity contribution in [3.05, 3.63) is 63.8 Å². The van der Waals surface area contributed by atoms with Gasteiger partial charge in [0.2, 0.25) is 5.91 Å². The quantitative estimate of drug-likeness (QED) is 0.701. The Labute approximate surface area is 171 Å². The van der Waals surface area contributed by atoms with Crippen molar-refractivity contribution in [2.45, 2.75) is 19.0 Å². The molecule has 2 aromatic heterocycles. The minimum Gasteiger partial charge on any atom is -0.333 e. The molecule has 3 heterocycles. The Morgan fingerprint density at radius 3 is 3.04 bits per heavy atom. The Bertz CT molecular complexity index is 1040. The lowest BCUT2D eigenvalue weighted by atomic mass is 10.0. The first-order valence-electron chi connectivity index (χ1n) is 8.82. The van der Waals surface area contributed by atoms with E-state index in [4.69, 9.17) is 0 Å². The second-order valence-corrected chi connectivity index (χ2v) is 7.39. The molecule has 0 bridgehead atoms. The van der Waals surface area contributed by atoms with Crippen molar-refractivity contribution in [3.63, 3.8) is 0 Å². The zero-order chi connectivity index (χ0) is 18.8. The molecular formula is C19H20ClFN4O2S. The SMILES string of the molecule is Cl.O=C(CCn1cnc2sccc2c1=O)N1CCNCC1c1cccc(F)c1. The molecule has 1 aliphatic rings. The van der Waals surface area contributed by atoms with Crippen LogP contribution in [0.5, 0.6) is 0 Å². The molecular weight excluding hydrogens is 403 g/mol. The van der Waals surface area contributed by atoms with Gasteiger partial charge in [-0.1, -0.05) is 12.1 Å². The molecule has 148 valence electrons. The molecule has 1 aromatic carbocycles. The molecule has 3 aromatic rings. The van der Waals surface area contributed by atoms with Crippen molar-refractivity contribution in [3.8, 4) is 0 Å². The number of aromatic nitrogens is 2. The van der Waals surface area contributed by atoms with Crippen molar-refractivity contribution in [2.24, 2.45) is 0 Å². The van der Waals surface area contributed by atoms with Crippen LogP contribution in [0.3, 0.4) is 0 Å². The van der Waals surface area contributed by atoms with Gasteiger partial charge in [0, 0.05) is 32.6 Å². The lowest BCUT2D eigenvalue weighted by Crippen LogP contribution is -2.49. The molecule has 0 saturated carbocycles. The molecule has 1 aliphatic heterocycles. The maximum absolute atomic E-state index is 13.6. The molecule has 4 rings (SSSR count). The predicted molar refractivity (Wildman–Crippen MR) is 109 cm³/mol. The van der Waals surface area contributed by atoms with Crippen LogP contribution in [0.4, 0.5) is 4.39 Å². The number of carbonyl (C=O) groups excluding carboxylic acids is 1. The van der Waals surface area contributed by atoms with E-state index < -0.39 is 0 Å². The van der Waals surface area contributed by atoms with E-state index >= 15 is 0 Å². The summed E-state index contributed by atoms with van der Waals surface area (Å²) in [6.07, 6.45) is 1.69. The number of nitrogens with zero attached hydrogens (tertiary/aromatic N) is 3. The Hall–Kier alpha value is -2.29. The number of fused-ring (bicyclic) bond motifs is 1. The first kappa shape index (κ1) is 20.4. The fourth-order valence-electron chi connectivity index (χ4n) is 3.43. The third kappa shape index (κ3) is 4.09. The standard InChI is InChI=1S/C19H19FN4O2S.ClH/c20-14-3-1-2-13(10-14)16-11-21-6-8-24(16)17(25)4-7-23-12-22-18-15(19(23)26)5-9-27-18;/h1-3,5,9-10,12,16,21H,4,6-8,11H2;1H. The summed E-state index contributed by atoms with van der Waals surface area (Å²) in [7, 11) is 0. The van der Waals surface area contributed by atoms with E-state index in [1.54, 1.807) is 17.0 Å². The fourth-order valence-corrected chi connectivity index (χ4v) is 4.15. The van der Waals surface area contributed by atoms with Crippen molar-refractivity contribution >= 4 is 39.9 Å². The molecule has 0 aliphatic carbocycles. The molecule has 1 saturated heterocycles. The van der Waals surface area contributed by atoms with Crippen LogP contribution in [0.1, 0.15) is 18.0 Å². The summed E-state index contributed by atoms with van der Waals surface area (Å²) in [5.74, 6) is -0.366. The van der Waals surface area contributed by atoms with Gasteiger partial charge in [0.25, 0.3) is 5.56 Å². The average Bonchev–Trinajstić information content (AvgIpc) is 3.17. The number of rotatable bonds is 4. The Morgan fingerprint density at radius 2 is 2.21 bits per heavy atom. The average molecular weight is 423 g/mol. The van der Waals surface area contributed by atoms with Crippen molar-refractivity contribution in [1.29, 1.82) is 0 Å². The molecule has 1 N–H and O–H groups in total. The van der Waals surface area contributed by atoms with E-state index in [2.05, 4.69) is 10.3 Å². The Balaban J connectivity index is 0.00000225. The van der Waals surface area contributed by atoms with Crippen LogP contribution in [-0.4, -0.2) is 40.0 Å². The van der Waals surface area contributed by atoms with Crippen LogP contribution in [0, 0.1) is 5.82 Å². The molecule has 0 radical (unpaired) electrons. The number of aryl methyl sites for hydroxylation is 1. The number of hydrogen-bond donors (Lipinski definition) is 1. The van der Waals surface area contributed by atoms with Gasteiger partial charge < -0.3 is 10.2 Å². The van der Waals surface area contributed by atoms with Gasteiger partial charge in [0.15, 0.2) is 0 Å². The number of piperazine rings is 1. The van der Waals surface area contributed by atoms with E-state index in [0.717, 1.165) is 5.56 Å². The summed E-state index contributed by atoms with van der Waals surface area (Å²) < 4.78 is 15.1. The topological polar surface area (TPSA) is 67.2 Å². The van der Waals surface area contributed by atoms with E-state index in [0.29, 0.717) is 29.9 Å². The highest BCUT2D eigenvalue weighted by atomic mass is 35.5. The smallest absolute Gasteiger partial charge is 0.262 e. The van der Waals surface area contributed by atoms with Gasteiger partial charge in [-0.15, -0.1) is 23.7 Å². The highest BCUT2D eigenvalue weighted by molar-refractivity contribution is 7.16. The van der Waals surface area contributed by atoms with Crippen LogP contribution < -0.4 is 10.9 Å². The summed E-state index contributed by atoms with van der Waals surface area (Å²) in [5.41, 5.74) is 0.644. The summed E-state index contributed by atoms with van der Waals surface area (Å²) >= 11 is 1.42. The highest BCUT2D eigenvalue weighted by Crippen LogP contribution is 2.23. The number of halogens is 2. The van der Waals surface area contributed by atoms with E-state index in [1.165, 1.54) is 34.4 Å². The zero-order valence-electron chi connectivity index (χ0n) is 15.0. The molecule has 1 fully saturated rings. The van der Waals surface area contributed by atoms with Crippen LogP contribution in [0.15, 0.2) is 46.8 Å². The molecule has 1 unspecified atom stereocenters. The number of hydrogen-bond acceptors (Lipinski definition) is 5. The van der Waals surface area contributed by atoms with Crippen molar-refractivity contribution in [2.75, 3.05) is 19.6 Å². The lowest BCUT2D eigenvalue weighted by molar-refractivity contribution is -0.134. The Morgan fingerprint density at radius 1 is 1.36 bits per heavy atom. The van der Waals surface area contributed by atoms with Gasteiger partial charge in [-0.2, -0.15) is 0 Å². The number of benzene rings is 1. The Kier molecular flexibility index (Phi) is 6.43. The van der Waals surface area contributed by atoms with E-state index in [1.807, 2.05) is 11.4 Å². The van der Waals surface area contributed by atoms with Crippen molar-refractivity contribution < 1.29 is 9.18 Å². The second-order valence-electron chi connectivity index (χ2n) is 6.49. The molecule has 1 amide bonds. The van der Waals surface area contributed by atoms with Gasteiger partial charge in [0.1, 0.15) is 10.6 Å². The predicted octanol–water partition coefficient (Wildman–Crippen LogP) is 2.58. The minimum absolute atomic E-state index is 0. The maximum atomic E-state index is 13.6. The molecule has 6 nitrogen and oxygen atoms in total. The lowest BCUT2D eigenvalue weighted by Gasteiger charge is -2.36. The van der Waals surface area contributed by atoms with E-state index in [-0.39, 0.29) is 48.7 Å². The summed E-state index contributed by atoms with van der Waals surface area (Å²) in [4.78, 5) is 32.0. The van der Waals surface area contributed by atoms with Gasteiger partial charge in [-0.25, -0.2) is 9.37 Å². The van der Waals surface area contributed by atoms with Gasteiger partial charge in [-0.05, 0) is 29.1 Å². The van der Waals surface area contributed by atoms with Crippen LogP contribution in [-0.2, 0) is 11.3 Å². The third-order valence-electron chi connectivity index (χ3n) is 4.81. The minimum atomic E-state index is -0.313. The number of amides is 1. The second kappa shape index (κ2) is 8.81. The summed E-state index contributed by atoms with van der Waals surface area (Å²) in [6.45, 7) is 2.10. The fraction of sp³-hybridized carbons (Fsp3) is 0.316. The van der Waals surface area contributed by atoms with Crippen molar-refractivity contribution in [1.82, 2.24) is 19.8 Å². The highest BCUT2D eigenvalue weighted by Gasteiger charge is 2.27. The number of nitrogens with one attached hydrogen (secondary N) is 1. The van der Waals surface area contributed by atoms with Crippen LogP contribution in [0.2, 0.25) is 0 Å². The van der Waals surface area contributed by atoms with E-state index in [9.17, 15) is 14.0 Å². The molecule has 9 heteroatoms. The van der Waals surface area contributed by atoms with Gasteiger partial charge in [-0.3, -0.25) is 14.2 Å². The zero-order valence-corrected chi connectivity index (χ0v) is 16.6. The molecule has 1 atom stereocenters. The first-order chi connectivity index (χ1) is 13.1. The van der Waals surface area contributed by atoms with Gasteiger partial charge >= 0.3 is 0 Å². The monoisotopic (exact) mass is 422 g/mol. The normalized spacial score (nSPS) is 16.8. The number of carbonyl (C=O) groups is 1. The summed E-state index contributed by atoms with van der Waals surface area (Å²) in [5, 5.41) is 5.67. The third-order valence-corrected chi connectivity index (χ3v) is 5.63. The molecule has 0 spiro atoms. The first-order valence-corrected chi connectivity index (χ1v) is 9.70. The summed E-state index contributed by atoms with van der Waals surface area (Å²) in [6, 6.07) is 7.90. The number of thiophene rings is 1. The van der Waals surface area contributed by atoms with Crippen LogP contribution >= 0.6 is 23.7 Å².